The van der Waals surface area contributed by atoms with Crippen LogP contribution < -0.4 is 0 Å². The first-order valence-electron chi connectivity index (χ1n) is 5.67. The summed E-state index contributed by atoms with van der Waals surface area (Å²) in [6.45, 7) is 9.43. The fourth-order valence-electron chi connectivity index (χ4n) is 1.62. The van der Waals surface area contributed by atoms with Crippen LogP contribution in [-0.4, -0.2) is 16.4 Å². The summed E-state index contributed by atoms with van der Waals surface area (Å²) in [5.41, 5.74) is 1.04. The van der Waals surface area contributed by atoms with Crippen molar-refractivity contribution in [2.24, 2.45) is 18.9 Å². The zero-order valence-corrected chi connectivity index (χ0v) is 10.4. The number of hydrogen-bond acceptors (Lipinski definition) is 2. The molecule has 0 bridgehead atoms. The van der Waals surface area contributed by atoms with Gasteiger partial charge in [0.05, 0.1) is 5.69 Å². The topological polar surface area (TPSA) is 27.1 Å². The molecule has 0 N–H and O–H groups in total. The molecular formula is C12H22N2O. The lowest BCUT2D eigenvalue weighted by Crippen LogP contribution is -2.19. The summed E-state index contributed by atoms with van der Waals surface area (Å²) in [7, 11) is 1.94. The Balaban J connectivity index is 2.82. The predicted molar refractivity (Wildman–Crippen MR) is 61.6 cm³/mol. The molecule has 0 fully saturated rings. The van der Waals surface area contributed by atoms with Gasteiger partial charge in [0, 0.05) is 19.9 Å². The number of rotatable bonds is 5. The summed E-state index contributed by atoms with van der Waals surface area (Å²) in [6.07, 6.45) is 2.09. The average Bonchev–Trinajstić information content (AvgIpc) is 2.60. The van der Waals surface area contributed by atoms with Crippen LogP contribution in [0.1, 0.15) is 39.5 Å². The van der Waals surface area contributed by atoms with Crippen molar-refractivity contribution >= 4 is 0 Å². The smallest absolute Gasteiger partial charge is 0.104 e. The van der Waals surface area contributed by atoms with Gasteiger partial charge < -0.3 is 4.74 Å². The van der Waals surface area contributed by atoms with Crippen molar-refractivity contribution in [3.8, 4) is 0 Å². The van der Waals surface area contributed by atoms with Crippen molar-refractivity contribution in [3.63, 3.8) is 0 Å². The summed E-state index contributed by atoms with van der Waals surface area (Å²) in [6, 6.07) is 2.04. The van der Waals surface area contributed by atoms with Crippen molar-refractivity contribution in [1.29, 1.82) is 0 Å². The molecule has 0 aliphatic carbocycles. The number of aromatic nitrogens is 2. The van der Waals surface area contributed by atoms with Crippen molar-refractivity contribution in [2.75, 3.05) is 6.61 Å². The molecule has 0 saturated heterocycles. The highest BCUT2D eigenvalue weighted by Gasteiger charge is 2.24. The minimum absolute atomic E-state index is 0.121. The highest BCUT2D eigenvalue weighted by atomic mass is 16.5. The van der Waals surface area contributed by atoms with Gasteiger partial charge in [-0.05, 0) is 24.8 Å². The van der Waals surface area contributed by atoms with Gasteiger partial charge in [-0.2, -0.15) is 5.10 Å². The van der Waals surface area contributed by atoms with E-state index in [1.807, 2.05) is 30.9 Å². The van der Waals surface area contributed by atoms with Crippen LogP contribution in [0.2, 0.25) is 0 Å². The maximum atomic E-state index is 5.79. The second kappa shape index (κ2) is 5.31. The maximum absolute atomic E-state index is 5.79. The van der Waals surface area contributed by atoms with E-state index in [9.17, 15) is 0 Å². The zero-order valence-electron chi connectivity index (χ0n) is 10.4. The number of nitrogens with zero attached hydrogens (tertiary/aromatic N) is 2. The third kappa shape index (κ3) is 3.06. The highest BCUT2D eigenvalue weighted by molar-refractivity contribution is 5.04. The molecule has 1 rings (SSSR count). The summed E-state index contributed by atoms with van der Waals surface area (Å²) in [5, 5.41) is 4.42. The van der Waals surface area contributed by atoms with Crippen LogP contribution in [0.25, 0.3) is 0 Å². The Hall–Kier alpha value is -0.830. The summed E-state index contributed by atoms with van der Waals surface area (Å²) in [5.74, 6) is 1.09. The van der Waals surface area contributed by atoms with E-state index >= 15 is 0 Å². The molecule has 3 nitrogen and oxygen atoms in total. The van der Waals surface area contributed by atoms with E-state index in [4.69, 9.17) is 4.74 Å². The van der Waals surface area contributed by atoms with Gasteiger partial charge in [0.2, 0.25) is 0 Å². The normalized spacial score (nSPS) is 15.6. The summed E-state index contributed by atoms with van der Waals surface area (Å²) in [4.78, 5) is 0. The second-order valence-electron chi connectivity index (χ2n) is 4.39. The minimum Gasteiger partial charge on any atom is -0.372 e. The molecule has 15 heavy (non-hydrogen) atoms. The van der Waals surface area contributed by atoms with Crippen LogP contribution in [-0.2, 0) is 11.8 Å². The van der Waals surface area contributed by atoms with E-state index in [0.29, 0.717) is 11.8 Å². The Morgan fingerprint density at radius 3 is 2.47 bits per heavy atom. The fraction of sp³-hybridized carbons (Fsp3) is 0.750. The van der Waals surface area contributed by atoms with Gasteiger partial charge in [-0.15, -0.1) is 0 Å². The standard InChI is InChI=1S/C12H22N2O/c1-6-15-12(10(4)9(2)3)11-7-8-14(5)13-11/h7-10,12H,6H2,1-5H3/t10-,12-/m0/s1. The molecule has 0 aromatic carbocycles. The molecule has 0 aliphatic rings. The van der Waals surface area contributed by atoms with Gasteiger partial charge >= 0.3 is 0 Å². The molecule has 0 amide bonds. The van der Waals surface area contributed by atoms with Crippen LogP contribution in [0.5, 0.6) is 0 Å². The average molecular weight is 210 g/mol. The van der Waals surface area contributed by atoms with E-state index < -0.39 is 0 Å². The van der Waals surface area contributed by atoms with Crippen LogP contribution >= 0.6 is 0 Å². The Morgan fingerprint density at radius 1 is 1.40 bits per heavy atom. The lowest BCUT2D eigenvalue weighted by Gasteiger charge is -2.25. The lowest BCUT2D eigenvalue weighted by atomic mass is 9.90. The molecule has 3 heteroatoms. The molecule has 0 spiro atoms. The third-order valence-corrected chi connectivity index (χ3v) is 2.90. The number of aryl methyl sites for hydroxylation is 1. The summed E-state index contributed by atoms with van der Waals surface area (Å²) < 4.78 is 7.62. The quantitative estimate of drug-likeness (QED) is 0.747. The third-order valence-electron chi connectivity index (χ3n) is 2.90. The van der Waals surface area contributed by atoms with E-state index in [1.165, 1.54) is 0 Å². The molecule has 86 valence electrons. The molecule has 1 heterocycles. The Bertz CT molecular complexity index is 294. The van der Waals surface area contributed by atoms with Crippen molar-refractivity contribution in [1.82, 2.24) is 9.78 Å². The van der Waals surface area contributed by atoms with Crippen LogP contribution in [0.15, 0.2) is 12.3 Å². The second-order valence-corrected chi connectivity index (χ2v) is 4.39. The van der Waals surface area contributed by atoms with Gasteiger partial charge in [-0.25, -0.2) is 0 Å². The first-order valence-corrected chi connectivity index (χ1v) is 5.67. The molecule has 1 aromatic heterocycles. The van der Waals surface area contributed by atoms with Crippen LogP contribution in [0.4, 0.5) is 0 Å². The van der Waals surface area contributed by atoms with E-state index in [2.05, 4.69) is 25.9 Å². The van der Waals surface area contributed by atoms with E-state index in [-0.39, 0.29) is 6.10 Å². The van der Waals surface area contributed by atoms with E-state index in [1.54, 1.807) is 0 Å². The molecule has 0 saturated carbocycles. The minimum atomic E-state index is 0.121. The molecule has 2 atom stereocenters. The SMILES string of the molecule is CCO[C@H](c1ccn(C)n1)[C@@H](C)C(C)C. The van der Waals surface area contributed by atoms with Crippen molar-refractivity contribution < 1.29 is 4.74 Å². The van der Waals surface area contributed by atoms with Crippen molar-refractivity contribution in [3.05, 3.63) is 18.0 Å². The van der Waals surface area contributed by atoms with Gasteiger partial charge in [0.15, 0.2) is 0 Å². The van der Waals surface area contributed by atoms with Gasteiger partial charge in [-0.1, -0.05) is 20.8 Å². The lowest BCUT2D eigenvalue weighted by molar-refractivity contribution is 0.00598. The summed E-state index contributed by atoms with van der Waals surface area (Å²) >= 11 is 0. The Labute approximate surface area is 92.4 Å². The fourth-order valence-corrected chi connectivity index (χ4v) is 1.62. The Morgan fingerprint density at radius 2 is 2.07 bits per heavy atom. The largest absolute Gasteiger partial charge is 0.372 e. The highest BCUT2D eigenvalue weighted by Crippen LogP contribution is 2.29. The Kier molecular flexibility index (Phi) is 4.33. The monoisotopic (exact) mass is 210 g/mol. The number of hydrogen-bond donors (Lipinski definition) is 0. The van der Waals surface area contributed by atoms with Crippen LogP contribution in [0, 0.1) is 11.8 Å². The van der Waals surface area contributed by atoms with E-state index in [0.717, 1.165) is 12.3 Å². The molecular weight excluding hydrogens is 188 g/mol. The van der Waals surface area contributed by atoms with Crippen molar-refractivity contribution in [2.45, 2.75) is 33.8 Å². The molecule has 1 aromatic rings. The molecule has 0 unspecified atom stereocenters. The first-order chi connectivity index (χ1) is 7.06. The molecule has 0 radical (unpaired) electrons. The number of ether oxygens (including phenoxy) is 1. The first kappa shape index (κ1) is 12.2. The molecule has 0 aliphatic heterocycles. The van der Waals surface area contributed by atoms with Gasteiger partial charge in [0.25, 0.3) is 0 Å². The predicted octanol–water partition coefficient (Wildman–Crippen LogP) is 2.79. The van der Waals surface area contributed by atoms with Gasteiger partial charge in [-0.3, -0.25) is 4.68 Å². The zero-order chi connectivity index (χ0) is 11.4. The van der Waals surface area contributed by atoms with Gasteiger partial charge in [0.1, 0.15) is 6.10 Å². The maximum Gasteiger partial charge on any atom is 0.104 e. The van der Waals surface area contributed by atoms with Crippen LogP contribution in [0.3, 0.4) is 0 Å².